The van der Waals surface area contributed by atoms with Crippen LogP contribution in [0.2, 0.25) is 0 Å². The molecule has 1 aromatic heterocycles. The zero-order valence-corrected chi connectivity index (χ0v) is 12.3. The maximum atomic E-state index is 9.29. The molecule has 0 unspecified atom stereocenters. The number of ether oxygens (including phenoxy) is 1. The third-order valence-electron chi connectivity index (χ3n) is 3.54. The lowest BCUT2D eigenvalue weighted by Gasteiger charge is -2.38. The van der Waals surface area contributed by atoms with Crippen LogP contribution in [0.1, 0.15) is 32.0 Å². The molecule has 0 radical (unpaired) electrons. The number of nitrogens with zero attached hydrogens (tertiary/aromatic N) is 3. The van der Waals surface area contributed by atoms with E-state index >= 15 is 0 Å². The van der Waals surface area contributed by atoms with Crippen LogP contribution in [0.15, 0.2) is 6.07 Å². The Morgan fingerprint density at radius 2 is 2.25 bits per heavy atom. The molecule has 20 heavy (non-hydrogen) atoms. The Balaban J connectivity index is 2.25. The maximum absolute atomic E-state index is 9.29. The van der Waals surface area contributed by atoms with E-state index in [1.54, 1.807) is 7.11 Å². The van der Waals surface area contributed by atoms with Crippen LogP contribution in [0.5, 0.6) is 0 Å². The first-order chi connectivity index (χ1) is 9.78. The molecule has 0 aromatic carbocycles. The van der Waals surface area contributed by atoms with Crippen LogP contribution >= 0.6 is 0 Å². The second-order valence-corrected chi connectivity index (χ2v) is 4.99. The van der Waals surface area contributed by atoms with Crippen LogP contribution in [0.4, 0.5) is 11.6 Å². The van der Waals surface area contributed by atoms with Gasteiger partial charge in [-0.15, -0.1) is 0 Å². The minimum absolute atomic E-state index is 0.136. The van der Waals surface area contributed by atoms with Gasteiger partial charge in [0.2, 0.25) is 0 Å². The van der Waals surface area contributed by atoms with Gasteiger partial charge in [0.1, 0.15) is 18.2 Å². The smallest absolute Gasteiger partial charge is 0.158 e. The van der Waals surface area contributed by atoms with Crippen LogP contribution in [-0.2, 0) is 11.3 Å². The molecular weight excluding hydrogens is 256 g/mol. The Morgan fingerprint density at radius 3 is 2.80 bits per heavy atom. The van der Waals surface area contributed by atoms with E-state index in [1.807, 2.05) is 13.0 Å². The van der Waals surface area contributed by atoms with Crippen molar-refractivity contribution in [3.8, 4) is 0 Å². The van der Waals surface area contributed by atoms with Crippen molar-refractivity contribution >= 4 is 11.6 Å². The zero-order valence-electron chi connectivity index (χ0n) is 12.3. The second kappa shape index (κ2) is 7.40. The number of hydrogen-bond acceptors (Lipinski definition) is 6. The lowest BCUT2D eigenvalue weighted by molar-refractivity contribution is 0.178. The van der Waals surface area contributed by atoms with Crippen LogP contribution in [0.3, 0.4) is 0 Å². The Kier molecular flexibility index (Phi) is 5.55. The fraction of sp³-hybridized carbons (Fsp3) is 0.714. The highest BCUT2D eigenvalue weighted by Gasteiger charge is 2.26. The number of rotatable bonds is 8. The largest absolute Gasteiger partial charge is 0.395 e. The molecule has 1 saturated carbocycles. The minimum atomic E-state index is 0.136. The standard InChI is InChI=1S/C14H24N4O2/c1-3-15-12-9-14(17-13(16-12)10-20-2)18(7-8-19)11-5-4-6-11/h9,11,19H,3-8,10H2,1-2H3,(H,15,16,17). The molecule has 0 spiro atoms. The highest BCUT2D eigenvalue weighted by atomic mass is 16.5. The number of nitrogens with one attached hydrogen (secondary N) is 1. The third-order valence-corrected chi connectivity index (χ3v) is 3.54. The van der Waals surface area contributed by atoms with E-state index in [-0.39, 0.29) is 6.61 Å². The molecule has 0 atom stereocenters. The number of aliphatic hydroxyl groups is 1. The van der Waals surface area contributed by atoms with E-state index in [0.717, 1.165) is 18.2 Å². The Hall–Kier alpha value is -1.40. The molecule has 0 bridgehead atoms. The average molecular weight is 280 g/mol. The molecule has 0 saturated heterocycles. The molecule has 0 aliphatic heterocycles. The number of anilines is 2. The Morgan fingerprint density at radius 1 is 1.45 bits per heavy atom. The number of hydrogen-bond donors (Lipinski definition) is 2. The molecule has 1 aromatic rings. The normalized spacial score (nSPS) is 14.9. The van der Waals surface area contributed by atoms with Gasteiger partial charge in [-0.25, -0.2) is 9.97 Å². The van der Waals surface area contributed by atoms with Crippen molar-refractivity contribution in [1.29, 1.82) is 0 Å². The van der Waals surface area contributed by atoms with Gasteiger partial charge in [-0.1, -0.05) is 0 Å². The first-order valence-corrected chi connectivity index (χ1v) is 7.26. The molecule has 1 heterocycles. The lowest BCUT2D eigenvalue weighted by atomic mass is 9.91. The van der Waals surface area contributed by atoms with E-state index in [1.165, 1.54) is 19.3 Å². The van der Waals surface area contributed by atoms with Crippen LogP contribution in [-0.4, -0.2) is 47.9 Å². The van der Waals surface area contributed by atoms with E-state index in [4.69, 9.17) is 4.74 Å². The monoisotopic (exact) mass is 280 g/mol. The van der Waals surface area contributed by atoms with Crippen LogP contribution < -0.4 is 10.2 Å². The summed E-state index contributed by atoms with van der Waals surface area (Å²) in [5.41, 5.74) is 0. The van der Waals surface area contributed by atoms with Crippen molar-refractivity contribution in [1.82, 2.24) is 9.97 Å². The van der Waals surface area contributed by atoms with Gasteiger partial charge in [-0.3, -0.25) is 0 Å². The number of aromatic nitrogens is 2. The van der Waals surface area contributed by atoms with Gasteiger partial charge >= 0.3 is 0 Å². The lowest BCUT2D eigenvalue weighted by Crippen LogP contribution is -2.42. The van der Waals surface area contributed by atoms with Crippen molar-refractivity contribution in [2.75, 3.05) is 37.0 Å². The SMILES string of the molecule is CCNc1cc(N(CCO)C2CCC2)nc(COC)n1. The van der Waals surface area contributed by atoms with Gasteiger partial charge in [0.15, 0.2) is 5.82 Å². The van der Waals surface area contributed by atoms with E-state index < -0.39 is 0 Å². The highest BCUT2D eigenvalue weighted by molar-refractivity contribution is 5.50. The molecular formula is C14H24N4O2. The summed E-state index contributed by atoms with van der Waals surface area (Å²) in [6.45, 7) is 3.99. The number of methoxy groups -OCH3 is 1. The predicted octanol–water partition coefficient (Wildman–Crippen LogP) is 1.41. The summed E-state index contributed by atoms with van der Waals surface area (Å²) < 4.78 is 5.14. The summed E-state index contributed by atoms with van der Waals surface area (Å²) in [6.07, 6.45) is 3.59. The minimum Gasteiger partial charge on any atom is -0.395 e. The summed E-state index contributed by atoms with van der Waals surface area (Å²) in [7, 11) is 1.64. The van der Waals surface area contributed by atoms with Crippen LogP contribution in [0.25, 0.3) is 0 Å². The third kappa shape index (κ3) is 3.58. The van der Waals surface area contributed by atoms with Crippen LogP contribution in [0, 0.1) is 0 Å². The highest BCUT2D eigenvalue weighted by Crippen LogP contribution is 2.29. The molecule has 2 N–H and O–H groups in total. The summed E-state index contributed by atoms with van der Waals surface area (Å²) in [5, 5.41) is 12.5. The topological polar surface area (TPSA) is 70.5 Å². The molecule has 6 heteroatoms. The van der Waals surface area contributed by atoms with Gasteiger partial charge in [0.05, 0.1) is 6.61 Å². The summed E-state index contributed by atoms with van der Waals surface area (Å²) >= 11 is 0. The van der Waals surface area contributed by atoms with Gasteiger partial charge in [0.25, 0.3) is 0 Å². The van der Waals surface area contributed by atoms with Gasteiger partial charge in [0, 0.05) is 32.3 Å². The maximum Gasteiger partial charge on any atom is 0.158 e. The molecule has 0 amide bonds. The Labute approximate surface area is 120 Å². The van der Waals surface area contributed by atoms with E-state index in [9.17, 15) is 5.11 Å². The van der Waals surface area contributed by atoms with Crippen molar-refractivity contribution in [2.45, 2.75) is 38.8 Å². The van der Waals surface area contributed by atoms with Crippen molar-refractivity contribution in [3.05, 3.63) is 11.9 Å². The van der Waals surface area contributed by atoms with E-state index in [0.29, 0.717) is 25.0 Å². The Bertz CT molecular complexity index is 399. The van der Waals surface area contributed by atoms with Crippen molar-refractivity contribution in [3.63, 3.8) is 0 Å². The molecule has 112 valence electrons. The van der Waals surface area contributed by atoms with Gasteiger partial charge < -0.3 is 20.1 Å². The number of aliphatic hydroxyl groups excluding tert-OH is 1. The molecule has 1 fully saturated rings. The van der Waals surface area contributed by atoms with Crippen molar-refractivity contribution in [2.24, 2.45) is 0 Å². The fourth-order valence-corrected chi connectivity index (χ4v) is 2.39. The van der Waals surface area contributed by atoms with Crippen molar-refractivity contribution < 1.29 is 9.84 Å². The first kappa shape index (κ1) is 15.0. The molecule has 6 nitrogen and oxygen atoms in total. The van der Waals surface area contributed by atoms with E-state index in [2.05, 4.69) is 20.2 Å². The second-order valence-electron chi connectivity index (χ2n) is 4.99. The quantitative estimate of drug-likeness (QED) is 0.750. The fourth-order valence-electron chi connectivity index (χ4n) is 2.39. The zero-order chi connectivity index (χ0) is 14.4. The molecule has 1 aliphatic rings. The van der Waals surface area contributed by atoms with Gasteiger partial charge in [-0.2, -0.15) is 0 Å². The van der Waals surface area contributed by atoms with Gasteiger partial charge in [-0.05, 0) is 26.2 Å². The molecule has 2 rings (SSSR count). The summed E-state index contributed by atoms with van der Waals surface area (Å²) in [4.78, 5) is 11.2. The molecule has 1 aliphatic carbocycles. The summed E-state index contributed by atoms with van der Waals surface area (Å²) in [6, 6.07) is 2.44. The average Bonchev–Trinajstić information content (AvgIpc) is 2.36. The summed E-state index contributed by atoms with van der Waals surface area (Å²) in [5.74, 6) is 2.36. The first-order valence-electron chi connectivity index (χ1n) is 7.26. The predicted molar refractivity (Wildman–Crippen MR) is 79.0 cm³/mol.